The first-order chi connectivity index (χ1) is 14.2. The first-order valence-corrected chi connectivity index (χ1v) is 11.1. The summed E-state index contributed by atoms with van der Waals surface area (Å²) in [7, 11) is -4.07. The van der Waals surface area contributed by atoms with Crippen molar-refractivity contribution in [3.63, 3.8) is 0 Å². The predicted octanol–water partition coefficient (Wildman–Crippen LogP) is 4.00. The molecule has 0 aliphatic heterocycles. The van der Waals surface area contributed by atoms with Crippen molar-refractivity contribution in [2.45, 2.75) is 39.0 Å². The number of anilines is 2. The number of carbonyl (C=O) groups excluding carboxylic acids is 1. The molecule has 158 valence electrons. The van der Waals surface area contributed by atoms with Gasteiger partial charge in [-0.1, -0.05) is 41.9 Å². The highest BCUT2D eigenvalue weighted by atomic mass is 32.2. The van der Waals surface area contributed by atoms with Crippen LogP contribution in [-0.4, -0.2) is 26.0 Å². The van der Waals surface area contributed by atoms with E-state index in [0.29, 0.717) is 11.4 Å². The summed E-state index contributed by atoms with van der Waals surface area (Å²) in [6.07, 6.45) is 0.824. The third-order valence-corrected chi connectivity index (χ3v) is 6.79. The Bertz CT molecular complexity index is 1110. The van der Waals surface area contributed by atoms with Crippen LogP contribution in [0.5, 0.6) is 0 Å². The van der Waals surface area contributed by atoms with Gasteiger partial charge in [0, 0.05) is 5.69 Å². The van der Waals surface area contributed by atoms with Gasteiger partial charge in [-0.3, -0.25) is 9.10 Å². The molecule has 1 heterocycles. The molecule has 0 bridgehead atoms. The number of carbonyl (C=O) groups is 1. The molecule has 0 spiro atoms. The molecule has 2 aromatic carbocycles. The largest absolute Gasteiger partial charge is 0.360 e. The lowest BCUT2D eigenvalue weighted by atomic mass is 10.1. The maximum absolute atomic E-state index is 13.5. The molecule has 0 unspecified atom stereocenters. The van der Waals surface area contributed by atoms with Gasteiger partial charge >= 0.3 is 0 Å². The summed E-state index contributed by atoms with van der Waals surface area (Å²) >= 11 is 0. The lowest BCUT2D eigenvalue weighted by Gasteiger charge is -2.24. The van der Waals surface area contributed by atoms with Crippen molar-refractivity contribution < 1.29 is 17.7 Å². The summed E-state index contributed by atoms with van der Waals surface area (Å²) in [5, 5.41) is 6.51. The minimum atomic E-state index is -4.07. The fourth-order valence-corrected chi connectivity index (χ4v) is 4.85. The van der Waals surface area contributed by atoms with E-state index in [2.05, 4.69) is 10.5 Å². The Balaban J connectivity index is 1.96. The minimum Gasteiger partial charge on any atom is -0.360 e. The fraction of sp³-hybridized carbons (Fsp3) is 0.273. The Morgan fingerprint density at radius 3 is 2.20 bits per heavy atom. The summed E-state index contributed by atoms with van der Waals surface area (Å²) in [5.41, 5.74) is 3.37. The number of hydrogen-bond donors (Lipinski definition) is 1. The number of aromatic nitrogens is 1. The first kappa shape index (κ1) is 21.6. The van der Waals surface area contributed by atoms with E-state index in [-0.39, 0.29) is 22.9 Å². The average Bonchev–Trinajstić information content (AvgIpc) is 3.07. The summed E-state index contributed by atoms with van der Waals surface area (Å²) in [6.45, 7) is 6.68. The average molecular weight is 428 g/mol. The van der Waals surface area contributed by atoms with Crippen molar-refractivity contribution in [2.24, 2.45) is 0 Å². The molecule has 1 N–H and O–H groups in total. The van der Waals surface area contributed by atoms with Crippen LogP contribution in [0.1, 0.15) is 29.5 Å². The van der Waals surface area contributed by atoms with Gasteiger partial charge in [0.2, 0.25) is 5.91 Å². The molecule has 8 heteroatoms. The van der Waals surface area contributed by atoms with Gasteiger partial charge in [-0.15, -0.1) is 0 Å². The Morgan fingerprint density at radius 2 is 1.67 bits per heavy atom. The molecule has 7 nitrogen and oxygen atoms in total. The van der Waals surface area contributed by atoms with Crippen molar-refractivity contribution >= 4 is 27.3 Å². The van der Waals surface area contributed by atoms with Gasteiger partial charge in [0.1, 0.15) is 12.2 Å². The Kier molecular flexibility index (Phi) is 6.26. The van der Waals surface area contributed by atoms with Crippen molar-refractivity contribution in [1.29, 1.82) is 0 Å². The summed E-state index contributed by atoms with van der Waals surface area (Å²) in [4.78, 5) is 12.7. The number of nitrogens with one attached hydrogen (secondary N) is 1. The van der Waals surface area contributed by atoms with Gasteiger partial charge in [0.15, 0.2) is 10.7 Å². The summed E-state index contributed by atoms with van der Waals surface area (Å²) < 4.78 is 33.1. The first-order valence-electron chi connectivity index (χ1n) is 9.63. The van der Waals surface area contributed by atoms with Gasteiger partial charge < -0.3 is 9.84 Å². The number of sulfonamides is 1. The number of hydrogen-bond acceptors (Lipinski definition) is 5. The zero-order chi connectivity index (χ0) is 21.9. The predicted molar refractivity (Wildman–Crippen MR) is 116 cm³/mol. The van der Waals surface area contributed by atoms with Gasteiger partial charge in [0.25, 0.3) is 10.0 Å². The molecular formula is C22H25N3O4S. The highest BCUT2D eigenvalue weighted by molar-refractivity contribution is 7.93. The van der Waals surface area contributed by atoms with Crippen molar-refractivity contribution in [1.82, 2.24) is 5.16 Å². The van der Waals surface area contributed by atoms with Gasteiger partial charge in [0.05, 0.1) is 5.69 Å². The number of amides is 1. The standard InChI is InChI=1S/C22H25N3O4S/c1-5-18-8-12-20(13-9-18)25(30(27,28)22-16(3)24-29-17(22)4)14-21(26)23-19-10-6-15(2)7-11-19/h6-13H,5,14H2,1-4H3,(H,23,26). The third-order valence-electron chi connectivity index (χ3n) is 4.77. The van der Waals surface area contributed by atoms with Crippen LogP contribution in [-0.2, 0) is 21.2 Å². The second kappa shape index (κ2) is 8.71. The molecule has 3 aromatic rings. The van der Waals surface area contributed by atoms with Gasteiger partial charge in [-0.25, -0.2) is 8.42 Å². The normalized spacial score (nSPS) is 11.3. The summed E-state index contributed by atoms with van der Waals surface area (Å²) in [6, 6.07) is 14.4. The van der Waals surface area contributed by atoms with Crippen molar-refractivity contribution in [3.8, 4) is 0 Å². The second-order valence-electron chi connectivity index (χ2n) is 7.10. The van der Waals surface area contributed by atoms with Gasteiger partial charge in [-0.2, -0.15) is 0 Å². The third kappa shape index (κ3) is 4.54. The van der Waals surface area contributed by atoms with Crippen LogP contribution >= 0.6 is 0 Å². The molecule has 0 radical (unpaired) electrons. The topological polar surface area (TPSA) is 92.5 Å². The molecule has 0 fully saturated rings. The smallest absolute Gasteiger partial charge is 0.270 e. The molecule has 30 heavy (non-hydrogen) atoms. The quantitative estimate of drug-likeness (QED) is 0.615. The molecular weight excluding hydrogens is 402 g/mol. The maximum atomic E-state index is 13.5. The molecule has 0 atom stereocenters. The van der Waals surface area contributed by atoms with E-state index < -0.39 is 15.9 Å². The van der Waals surface area contributed by atoms with Crippen LogP contribution in [0.25, 0.3) is 0 Å². The van der Waals surface area contributed by atoms with E-state index in [9.17, 15) is 13.2 Å². The number of nitrogens with zero attached hydrogens (tertiary/aromatic N) is 2. The Hall–Kier alpha value is -3.13. The Morgan fingerprint density at radius 1 is 1.03 bits per heavy atom. The van der Waals surface area contributed by atoms with E-state index >= 15 is 0 Å². The highest BCUT2D eigenvalue weighted by Gasteiger charge is 2.32. The van der Waals surface area contributed by atoms with Crippen LogP contribution in [0.4, 0.5) is 11.4 Å². The van der Waals surface area contributed by atoms with Crippen molar-refractivity contribution in [3.05, 3.63) is 71.1 Å². The van der Waals surface area contributed by atoms with E-state index in [0.717, 1.165) is 21.9 Å². The molecule has 1 amide bonds. The maximum Gasteiger partial charge on any atom is 0.270 e. The fourth-order valence-electron chi connectivity index (χ4n) is 3.13. The van der Waals surface area contributed by atoms with E-state index in [1.807, 2.05) is 38.1 Å². The minimum absolute atomic E-state index is 0.0230. The molecule has 3 rings (SSSR count). The van der Waals surface area contributed by atoms with Gasteiger partial charge in [-0.05, 0) is 57.0 Å². The van der Waals surface area contributed by atoms with E-state index in [1.165, 1.54) is 6.92 Å². The Labute approximate surface area is 176 Å². The lowest BCUT2D eigenvalue weighted by Crippen LogP contribution is -2.38. The number of aryl methyl sites for hydroxylation is 4. The number of benzene rings is 2. The van der Waals surface area contributed by atoms with E-state index in [4.69, 9.17) is 4.52 Å². The number of rotatable bonds is 7. The summed E-state index contributed by atoms with van der Waals surface area (Å²) in [5.74, 6) is -0.268. The van der Waals surface area contributed by atoms with Crippen LogP contribution in [0.2, 0.25) is 0 Å². The van der Waals surface area contributed by atoms with Crippen LogP contribution in [0, 0.1) is 20.8 Å². The lowest BCUT2D eigenvalue weighted by molar-refractivity contribution is -0.114. The van der Waals surface area contributed by atoms with Crippen LogP contribution in [0.3, 0.4) is 0 Å². The molecule has 1 aromatic heterocycles. The van der Waals surface area contributed by atoms with E-state index in [1.54, 1.807) is 31.2 Å². The highest BCUT2D eigenvalue weighted by Crippen LogP contribution is 2.28. The van der Waals surface area contributed by atoms with Crippen LogP contribution < -0.4 is 9.62 Å². The van der Waals surface area contributed by atoms with Crippen LogP contribution in [0.15, 0.2) is 57.9 Å². The van der Waals surface area contributed by atoms with Crippen molar-refractivity contribution in [2.75, 3.05) is 16.2 Å². The molecule has 0 saturated heterocycles. The second-order valence-corrected chi connectivity index (χ2v) is 8.90. The zero-order valence-corrected chi connectivity index (χ0v) is 18.3. The SMILES string of the molecule is CCc1ccc(N(CC(=O)Nc2ccc(C)cc2)S(=O)(=O)c2c(C)noc2C)cc1. The molecule has 0 saturated carbocycles. The zero-order valence-electron chi connectivity index (χ0n) is 17.5. The molecule has 0 aliphatic rings. The monoisotopic (exact) mass is 427 g/mol. The molecule has 0 aliphatic carbocycles.